The van der Waals surface area contributed by atoms with E-state index >= 15 is 0 Å². The first-order valence-electron chi connectivity index (χ1n) is 4.33. The zero-order valence-electron chi connectivity index (χ0n) is 7.99. The van der Waals surface area contributed by atoms with Gasteiger partial charge in [0.2, 0.25) is 0 Å². The summed E-state index contributed by atoms with van der Waals surface area (Å²) in [4.78, 5) is 0. The van der Waals surface area contributed by atoms with Gasteiger partial charge in [-0.1, -0.05) is 12.1 Å². The van der Waals surface area contributed by atoms with Crippen LogP contribution in [0.2, 0.25) is 0 Å². The monoisotopic (exact) mass is 195 g/mol. The molecule has 0 aromatic heterocycles. The zero-order valence-corrected chi connectivity index (χ0v) is 7.99. The number of hydrogen-bond donors (Lipinski definition) is 5. The van der Waals surface area contributed by atoms with Gasteiger partial charge in [-0.05, 0) is 24.6 Å². The molecule has 0 amide bonds. The van der Waals surface area contributed by atoms with Crippen molar-refractivity contribution in [3.63, 3.8) is 0 Å². The Labute approximate surface area is 83.3 Å². The van der Waals surface area contributed by atoms with Gasteiger partial charge in [0, 0.05) is 5.69 Å². The molecule has 0 atom stereocenters. The summed E-state index contributed by atoms with van der Waals surface area (Å²) in [5.41, 5.74) is 7.19. The lowest BCUT2D eigenvalue weighted by molar-refractivity contribution is 0.426. The van der Waals surface area contributed by atoms with Crippen molar-refractivity contribution in [1.29, 1.82) is 0 Å². The van der Waals surface area contributed by atoms with Crippen LogP contribution in [-0.2, 0) is 0 Å². The summed E-state index contributed by atoms with van der Waals surface area (Å²) in [6.45, 7) is 0.643. The molecule has 0 fully saturated rings. The van der Waals surface area contributed by atoms with E-state index in [0.29, 0.717) is 12.1 Å². The molecular weight excluding hydrogens is 181 g/mol. The fourth-order valence-electron chi connectivity index (χ4n) is 0.973. The Kier molecular flexibility index (Phi) is 4.41. The Balaban J connectivity index is 2.47. The Morgan fingerprint density at radius 2 is 1.86 bits per heavy atom. The Morgan fingerprint density at radius 1 is 1.21 bits per heavy atom. The number of hydrazine groups is 1. The van der Waals surface area contributed by atoms with Crippen molar-refractivity contribution in [2.75, 3.05) is 19.1 Å². The third-order valence-electron chi connectivity index (χ3n) is 1.71. The van der Waals surface area contributed by atoms with E-state index in [1.165, 1.54) is 0 Å². The minimum atomic E-state index is -1.41. The van der Waals surface area contributed by atoms with Crippen molar-refractivity contribution < 1.29 is 10.0 Å². The van der Waals surface area contributed by atoms with E-state index in [4.69, 9.17) is 10.0 Å². The molecule has 1 aromatic carbocycles. The van der Waals surface area contributed by atoms with Crippen LogP contribution in [0.4, 0.5) is 5.69 Å². The van der Waals surface area contributed by atoms with Crippen molar-refractivity contribution in [2.24, 2.45) is 0 Å². The van der Waals surface area contributed by atoms with Crippen LogP contribution in [0.15, 0.2) is 24.3 Å². The second-order valence-electron chi connectivity index (χ2n) is 2.83. The molecule has 0 radical (unpaired) electrons. The summed E-state index contributed by atoms with van der Waals surface area (Å²) < 4.78 is 0. The average molecular weight is 195 g/mol. The molecule has 0 heterocycles. The smallest absolute Gasteiger partial charge is 0.423 e. The first kappa shape index (κ1) is 11.0. The van der Waals surface area contributed by atoms with Gasteiger partial charge in [0.25, 0.3) is 0 Å². The topological polar surface area (TPSA) is 76.5 Å². The first-order chi connectivity index (χ1) is 6.74. The van der Waals surface area contributed by atoms with Crippen LogP contribution in [0.3, 0.4) is 0 Å². The van der Waals surface area contributed by atoms with Crippen LogP contribution in [0.5, 0.6) is 0 Å². The highest BCUT2D eigenvalue weighted by atomic mass is 16.4. The number of anilines is 1. The van der Waals surface area contributed by atoms with Crippen molar-refractivity contribution in [3.8, 4) is 0 Å². The van der Waals surface area contributed by atoms with E-state index in [1.54, 1.807) is 24.3 Å². The van der Waals surface area contributed by atoms with Gasteiger partial charge in [0.15, 0.2) is 0 Å². The Morgan fingerprint density at radius 3 is 2.36 bits per heavy atom. The summed E-state index contributed by atoms with van der Waals surface area (Å²) in [6, 6.07) is 6.82. The molecule has 5 nitrogen and oxygen atoms in total. The second-order valence-corrected chi connectivity index (χ2v) is 2.83. The number of rotatable bonds is 5. The molecule has 14 heavy (non-hydrogen) atoms. The molecule has 0 spiro atoms. The van der Waals surface area contributed by atoms with Crippen LogP contribution in [0.25, 0.3) is 0 Å². The molecule has 0 aliphatic heterocycles. The van der Waals surface area contributed by atoms with Crippen LogP contribution in [0.1, 0.15) is 0 Å². The maximum atomic E-state index is 8.84. The van der Waals surface area contributed by atoms with Gasteiger partial charge >= 0.3 is 7.12 Å². The summed E-state index contributed by atoms with van der Waals surface area (Å²) in [6.07, 6.45) is 0. The van der Waals surface area contributed by atoms with Gasteiger partial charge in [0.05, 0.1) is 6.67 Å². The third-order valence-corrected chi connectivity index (χ3v) is 1.71. The molecule has 76 valence electrons. The highest BCUT2D eigenvalue weighted by Gasteiger charge is 2.09. The lowest BCUT2D eigenvalue weighted by Crippen LogP contribution is -2.32. The standard InChI is InChI=1S/C8H14BN3O2/c1-10-6-11-12-8-4-2-7(3-5-8)9(13)14/h2-5,10-14H,6H2,1H3. The fourth-order valence-corrected chi connectivity index (χ4v) is 0.973. The number of hydrogen-bond acceptors (Lipinski definition) is 5. The van der Waals surface area contributed by atoms with E-state index in [2.05, 4.69) is 16.2 Å². The lowest BCUT2D eigenvalue weighted by atomic mass is 9.80. The van der Waals surface area contributed by atoms with Crippen LogP contribution < -0.4 is 21.6 Å². The molecule has 5 N–H and O–H groups in total. The minimum absolute atomic E-state index is 0.476. The van der Waals surface area contributed by atoms with Crippen molar-refractivity contribution in [2.45, 2.75) is 0 Å². The largest absolute Gasteiger partial charge is 0.488 e. The first-order valence-corrected chi connectivity index (χ1v) is 4.33. The maximum absolute atomic E-state index is 8.84. The highest BCUT2D eigenvalue weighted by molar-refractivity contribution is 6.58. The average Bonchev–Trinajstić information content (AvgIpc) is 2.19. The molecule has 0 aliphatic carbocycles. The molecule has 0 saturated carbocycles. The van der Waals surface area contributed by atoms with Crippen LogP contribution in [-0.4, -0.2) is 30.9 Å². The fraction of sp³-hybridized carbons (Fsp3) is 0.250. The normalized spacial score (nSPS) is 9.93. The predicted molar refractivity (Wildman–Crippen MR) is 57.0 cm³/mol. The lowest BCUT2D eigenvalue weighted by Gasteiger charge is -2.08. The predicted octanol–water partition coefficient (Wildman–Crippen LogP) is -1.54. The Hall–Kier alpha value is -1.08. The molecular formula is C8H14BN3O2. The van der Waals surface area contributed by atoms with E-state index < -0.39 is 7.12 Å². The molecule has 0 saturated heterocycles. The second kappa shape index (κ2) is 5.61. The number of benzene rings is 1. The summed E-state index contributed by atoms with van der Waals surface area (Å²) in [7, 11) is 0.425. The molecule has 0 unspecified atom stereocenters. The summed E-state index contributed by atoms with van der Waals surface area (Å²) >= 11 is 0. The van der Waals surface area contributed by atoms with Gasteiger partial charge in [-0.15, -0.1) is 0 Å². The zero-order chi connectivity index (χ0) is 10.4. The molecule has 0 aliphatic rings. The van der Waals surface area contributed by atoms with Gasteiger partial charge < -0.3 is 20.8 Å². The highest BCUT2D eigenvalue weighted by Crippen LogP contribution is 2.01. The maximum Gasteiger partial charge on any atom is 0.488 e. The molecule has 1 rings (SSSR count). The third kappa shape index (κ3) is 3.35. The van der Waals surface area contributed by atoms with Gasteiger partial charge in [-0.25, -0.2) is 5.43 Å². The summed E-state index contributed by atoms with van der Waals surface area (Å²) in [5.74, 6) is 0. The van der Waals surface area contributed by atoms with E-state index in [1.807, 2.05) is 7.05 Å². The van der Waals surface area contributed by atoms with E-state index in [0.717, 1.165) is 5.69 Å². The SMILES string of the molecule is CNCNNc1ccc(B(O)O)cc1. The van der Waals surface area contributed by atoms with Gasteiger partial charge in [0.1, 0.15) is 0 Å². The molecule has 1 aromatic rings. The van der Waals surface area contributed by atoms with Crippen molar-refractivity contribution in [1.82, 2.24) is 10.7 Å². The van der Waals surface area contributed by atoms with Crippen LogP contribution in [0, 0.1) is 0 Å². The quantitative estimate of drug-likeness (QED) is 0.170. The number of nitrogens with one attached hydrogen (secondary N) is 3. The van der Waals surface area contributed by atoms with Crippen LogP contribution >= 0.6 is 0 Å². The van der Waals surface area contributed by atoms with E-state index in [9.17, 15) is 0 Å². The molecule has 0 bridgehead atoms. The molecule has 6 heteroatoms. The van der Waals surface area contributed by atoms with Crippen molar-refractivity contribution >= 4 is 18.3 Å². The minimum Gasteiger partial charge on any atom is -0.423 e. The van der Waals surface area contributed by atoms with Crippen molar-refractivity contribution in [3.05, 3.63) is 24.3 Å². The van der Waals surface area contributed by atoms with Gasteiger partial charge in [-0.2, -0.15) is 0 Å². The van der Waals surface area contributed by atoms with E-state index in [-0.39, 0.29) is 0 Å². The van der Waals surface area contributed by atoms with Gasteiger partial charge in [-0.3, -0.25) is 0 Å². The summed E-state index contributed by atoms with van der Waals surface area (Å²) in [5, 5.41) is 20.6. The Bertz CT molecular complexity index is 266.